The molecule has 8 heteroatoms. The lowest BCUT2D eigenvalue weighted by Crippen LogP contribution is -2.41. The summed E-state index contributed by atoms with van der Waals surface area (Å²) in [7, 11) is -1.96. The molecule has 3 heterocycles. The number of aromatic nitrogens is 2. The van der Waals surface area contributed by atoms with Crippen molar-refractivity contribution in [1.82, 2.24) is 19.4 Å². The monoisotopic (exact) mass is 304 g/mol. The summed E-state index contributed by atoms with van der Waals surface area (Å²) in [6, 6.07) is 0.274. The van der Waals surface area contributed by atoms with Gasteiger partial charge in [-0.1, -0.05) is 11.6 Å². The second-order valence-electron chi connectivity index (χ2n) is 5.21. The van der Waals surface area contributed by atoms with Crippen LogP contribution < -0.4 is 5.32 Å². The fourth-order valence-corrected chi connectivity index (χ4v) is 5.14. The maximum absolute atomic E-state index is 12.6. The number of piperidine rings is 1. The number of sulfonamides is 1. The molecule has 0 amide bonds. The van der Waals surface area contributed by atoms with Crippen LogP contribution >= 0.6 is 11.6 Å². The van der Waals surface area contributed by atoms with Crippen molar-refractivity contribution in [2.24, 2.45) is 13.0 Å². The van der Waals surface area contributed by atoms with Gasteiger partial charge in [0, 0.05) is 26.2 Å². The first-order valence-electron chi connectivity index (χ1n) is 6.41. The summed E-state index contributed by atoms with van der Waals surface area (Å²) in [6.07, 6.45) is 3.57. The number of rotatable bonds is 2. The zero-order chi connectivity index (χ0) is 13.6. The molecule has 0 bridgehead atoms. The summed E-state index contributed by atoms with van der Waals surface area (Å²) >= 11 is 5.96. The molecule has 0 aromatic carbocycles. The molecular formula is C11H17ClN4O2S. The van der Waals surface area contributed by atoms with Gasteiger partial charge in [0.1, 0.15) is 0 Å². The van der Waals surface area contributed by atoms with E-state index in [4.69, 9.17) is 11.6 Å². The molecule has 0 aliphatic carbocycles. The fourth-order valence-electron chi connectivity index (χ4n) is 3.02. The number of hydrogen-bond acceptors (Lipinski definition) is 4. The Hall–Kier alpha value is -0.630. The number of halogens is 1. The molecule has 1 aromatic heterocycles. The average Bonchev–Trinajstić information content (AvgIpc) is 2.93. The molecule has 19 heavy (non-hydrogen) atoms. The molecule has 1 aromatic rings. The fraction of sp³-hybridized carbons (Fsp3) is 0.727. The van der Waals surface area contributed by atoms with Gasteiger partial charge in [-0.15, -0.1) is 0 Å². The minimum Gasteiger partial charge on any atom is -0.312 e. The van der Waals surface area contributed by atoms with Crippen LogP contribution in [-0.4, -0.2) is 48.2 Å². The van der Waals surface area contributed by atoms with Crippen LogP contribution in [0.5, 0.6) is 0 Å². The van der Waals surface area contributed by atoms with Crippen LogP contribution in [-0.2, 0) is 17.1 Å². The van der Waals surface area contributed by atoms with Crippen LogP contribution in [0, 0.1) is 5.92 Å². The number of hydrogen-bond donors (Lipinski definition) is 1. The summed E-state index contributed by atoms with van der Waals surface area (Å²) in [5.74, 6) is 0.413. The minimum atomic E-state index is -3.55. The number of fused-ring (bicyclic) bond motifs is 1. The van der Waals surface area contributed by atoms with Gasteiger partial charge in [-0.25, -0.2) is 8.42 Å². The van der Waals surface area contributed by atoms with Gasteiger partial charge in [0.05, 0.1) is 11.2 Å². The Labute approximate surface area is 117 Å². The molecule has 2 aliphatic heterocycles. The molecule has 0 spiro atoms. The molecule has 1 N–H and O–H groups in total. The summed E-state index contributed by atoms with van der Waals surface area (Å²) in [4.78, 5) is 0. The molecule has 0 radical (unpaired) electrons. The molecule has 106 valence electrons. The van der Waals surface area contributed by atoms with Crippen LogP contribution in [0.2, 0.25) is 5.02 Å². The van der Waals surface area contributed by atoms with E-state index in [2.05, 4.69) is 10.4 Å². The number of nitrogens with zero attached hydrogens (tertiary/aromatic N) is 3. The third-order valence-corrected chi connectivity index (χ3v) is 6.33. The smallest absolute Gasteiger partial charge is 0.261 e. The van der Waals surface area contributed by atoms with Gasteiger partial charge in [0.2, 0.25) is 0 Å². The minimum absolute atomic E-state index is 0.0906. The second-order valence-corrected chi connectivity index (χ2v) is 7.47. The van der Waals surface area contributed by atoms with Crippen molar-refractivity contribution < 1.29 is 8.42 Å². The number of aryl methyl sites for hydroxylation is 1. The van der Waals surface area contributed by atoms with E-state index in [9.17, 15) is 8.42 Å². The normalized spacial score (nSPS) is 28.5. The Morgan fingerprint density at radius 2 is 2.26 bits per heavy atom. The predicted octanol–water partition coefficient (Wildman–Crippen LogP) is 0.446. The molecule has 0 unspecified atom stereocenters. The van der Waals surface area contributed by atoms with Crippen molar-refractivity contribution >= 4 is 21.6 Å². The third kappa shape index (κ3) is 2.18. The Morgan fingerprint density at radius 1 is 1.47 bits per heavy atom. The standard InChI is InChI=1S/C11H17ClN4O2S/c1-15-11(9(12)5-14-15)19(17,18)16-6-8-3-2-4-13-10(8)7-16/h5,8,10,13H,2-4,6-7H2,1H3/t8-,10+/m0/s1. The van der Waals surface area contributed by atoms with Gasteiger partial charge in [-0.2, -0.15) is 9.40 Å². The van der Waals surface area contributed by atoms with Gasteiger partial charge in [-0.3, -0.25) is 4.68 Å². The first-order valence-corrected chi connectivity index (χ1v) is 8.23. The molecule has 6 nitrogen and oxygen atoms in total. The molecule has 2 atom stereocenters. The lowest BCUT2D eigenvalue weighted by atomic mass is 9.94. The van der Waals surface area contributed by atoms with Crippen LogP contribution in [0.3, 0.4) is 0 Å². The SMILES string of the molecule is Cn1ncc(Cl)c1S(=O)(=O)N1C[C@@H]2CCCN[C@@H]2C1. The van der Waals surface area contributed by atoms with Gasteiger partial charge < -0.3 is 5.32 Å². The molecular weight excluding hydrogens is 288 g/mol. The van der Waals surface area contributed by atoms with Gasteiger partial charge in [0.25, 0.3) is 10.0 Å². The Balaban J connectivity index is 1.90. The van der Waals surface area contributed by atoms with Crippen molar-refractivity contribution in [2.45, 2.75) is 23.9 Å². The Bertz CT molecular complexity index is 552. The van der Waals surface area contributed by atoms with Crippen molar-refractivity contribution in [2.75, 3.05) is 19.6 Å². The van der Waals surface area contributed by atoms with Crippen LogP contribution in [0.25, 0.3) is 0 Å². The van der Waals surface area contributed by atoms with E-state index in [0.29, 0.717) is 19.0 Å². The van der Waals surface area contributed by atoms with Crippen molar-refractivity contribution in [3.05, 3.63) is 11.2 Å². The Morgan fingerprint density at radius 3 is 2.89 bits per heavy atom. The van der Waals surface area contributed by atoms with E-state index in [1.807, 2.05) is 0 Å². The first kappa shape index (κ1) is 13.4. The quantitative estimate of drug-likeness (QED) is 0.861. The van der Waals surface area contributed by atoms with Crippen molar-refractivity contribution in [3.63, 3.8) is 0 Å². The lowest BCUT2D eigenvalue weighted by molar-refractivity contribution is 0.339. The molecule has 2 saturated heterocycles. The first-order chi connectivity index (χ1) is 9.00. The predicted molar refractivity (Wildman–Crippen MR) is 71.5 cm³/mol. The summed E-state index contributed by atoms with van der Waals surface area (Å²) in [5.41, 5.74) is 0. The highest BCUT2D eigenvalue weighted by Gasteiger charge is 2.41. The van der Waals surface area contributed by atoms with Crippen LogP contribution in [0.15, 0.2) is 11.2 Å². The zero-order valence-electron chi connectivity index (χ0n) is 10.7. The molecule has 3 rings (SSSR count). The van der Waals surface area contributed by atoms with E-state index in [1.54, 1.807) is 7.05 Å². The van der Waals surface area contributed by atoms with Gasteiger partial charge >= 0.3 is 0 Å². The third-order valence-electron chi connectivity index (χ3n) is 3.99. The molecule has 0 saturated carbocycles. The van der Waals surface area contributed by atoms with E-state index in [0.717, 1.165) is 19.4 Å². The highest BCUT2D eigenvalue weighted by Crippen LogP contribution is 2.31. The Kier molecular flexibility index (Phi) is 3.33. The van der Waals surface area contributed by atoms with Crippen LogP contribution in [0.1, 0.15) is 12.8 Å². The lowest BCUT2D eigenvalue weighted by Gasteiger charge is -2.24. The molecule has 2 fully saturated rings. The van der Waals surface area contributed by atoms with E-state index < -0.39 is 10.0 Å². The highest BCUT2D eigenvalue weighted by molar-refractivity contribution is 7.89. The zero-order valence-corrected chi connectivity index (χ0v) is 12.3. The van der Waals surface area contributed by atoms with Gasteiger partial charge in [0.15, 0.2) is 5.03 Å². The van der Waals surface area contributed by atoms with Crippen LogP contribution in [0.4, 0.5) is 0 Å². The topological polar surface area (TPSA) is 67.2 Å². The number of nitrogens with one attached hydrogen (secondary N) is 1. The highest BCUT2D eigenvalue weighted by atomic mass is 35.5. The van der Waals surface area contributed by atoms with Crippen molar-refractivity contribution in [3.8, 4) is 0 Å². The second kappa shape index (κ2) is 4.73. The average molecular weight is 305 g/mol. The summed E-state index contributed by atoms with van der Waals surface area (Å²) in [6.45, 7) is 2.07. The molecule has 2 aliphatic rings. The van der Waals surface area contributed by atoms with E-state index in [-0.39, 0.29) is 16.1 Å². The summed E-state index contributed by atoms with van der Waals surface area (Å²) < 4.78 is 28.1. The van der Waals surface area contributed by atoms with E-state index >= 15 is 0 Å². The summed E-state index contributed by atoms with van der Waals surface area (Å²) in [5, 5.41) is 7.58. The maximum Gasteiger partial charge on any atom is 0.261 e. The van der Waals surface area contributed by atoms with Crippen molar-refractivity contribution in [1.29, 1.82) is 0 Å². The largest absolute Gasteiger partial charge is 0.312 e. The maximum atomic E-state index is 12.6. The van der Waals surface area contributed by atoms with E-state index in [1.165, 1.54) is 15.2 Å². The van der Waals surface area contributed by atoms with Gasteiger partial charge in [-0.05, 0) is 25.3 Å².